The number of hydrogen-bond donors (Lipinski definition) is 1. The zero-order chi connectivity index (χ0) is 16.4. The van der Waals surface area contributed by atoms with E-state index < -0.39 is 0 Å². The minimum Gasteiger partial charge on any atom is -0.325 e. The van der Waals surface area contributed by atoms with Crippen molar-refractivity contribution in [2.45, 2.75) is 45.6 Å². The smallest absolute Gasteiger partial charge is 0.0268 e. The third-order valence-corrected chi connectivity index (χ3v) is 5.21. The van der Waals surface area contributed by atoms with Gasteiger partial charge >= 0.3 is 0 Å². The van der Waals surface area contributed by atoms with Crippen molar-refractivity contribution in [2.75, 3.05) is 0 Å². The Labute approximate surface area is 135 Å². The Morgan fingerprint density at radius 3 is 1.36 bits per heavy atom. The van der Waals surface area contributed by atoms with Crippen molar-refractivity contribution < 1.29 is 0 Å². The Bertz CT molecular complexity index is 539. The summed E-state index contributed by atoms with van der Waals surface area (Å²) in [7, 11) is 0. The molecule has 0 spiro atoms. The molecule has 2 N–H and O–H groups in total. The number of rotatable bonds is 5. The van der Waals surface area contributed by atoms with Gasteiger partial charge in [0.15, 0.2) is 0 Å². The summed E-state index contributed by atoms with van der Waals surface area (Å²) < 4.78 is 0. The van der Waals surface area contributed by atoms with Crippen LogP contribution in [0.3, 0.4) is 0 Å². The van der Waals surface area contributed by atoms with Crippen LogP contribution in [-0.2, 0) is 5.41 Å². The molecule has 0 aliphatic carbocycles. The molecule has 0 amide bonds. The summed E-state index contributed by atoms with van der Waals surface area (Å²) >= 11 is 0. The van der Waals surface area contributed by atoms with Crippen molar-refractivity contribution >= 4 is 0 Å². The first-order valence-electron chi connectivity index (χ1n) is 8.21. The molecule has 0 unspecified atom stereocenters. The van der Waals surface area contributed by atoms with Gasteiger partial charge in [0.1, 0.15) is 0 Å². The number of nitrogens with two attached hydrogens (primary N) is 1. The maximum atomic E-state index is 6.58. The van der Waals surface area contributed by atoms with E-state index in [2.05, 4.69) is 95.3 Å². The van der Waals surface area contributed by atoms with Crippen molar-refractivity contribution in [3.05, 3.63) is 71.8 Å². The van der Waals surface area contributed by atoms with E-state index in [-0.39, 0.29) is 11.0 Å². The van der Waals surface area contributed by atoms with E-state index in [4.69, 9.17) is 5.73 Å². The molecule has 0 aliphatic heterocycles. The van der Waals surface area contributed by atoms with Gasteiger partial charge in [-0.15, -0.1) is 0 Å². The molecule has 0 saturated carbocycles. The van der Waals surface area contributed by atoms with Crippen LogP contribution in [0.4, 0.5) is 0 Å². The van der Waals surface area contributed by atoms with Gasteiger partial charge in [0, 0.05) is 11.0 Å². The lowest BCUT2D eigenvalue weighted by atomic mass is 9.56. The largest absolute Gasteiger partial charge is 0.325 e. The summed E-state index contributed by atoms with van der Waals surface area (Å²) in [5.41, 5.74) is 8.91. The molecule has 22 heavy (non-hydrogen) atoms. The Hall–Kier alpha value is -1.60. The Balaban J connectivity index is 2.77. The van der Waals surface area contributed by atoms with Crippen LogP contribution in [-0.4, -0.2) is 5.54 Å². The van der Waals surface area contributed by atoms with Gasteiger partial charge < -0.3 is 5.73 Å². The van der Waals surface area contributed by atoms with Crippen LogP contribution in [0.2, 0.25) is 0 Å². The predicted octanol–water partition coefficient (Wildman–Crippen LogP) is 5.00. The number of hydrogen-bond acceptors (Lipinski definition) is 1. The predicted molar refractivity (Wildman–Crippen MR) is 95.9 cm³/mol. The molecular weight excluding hydrogens is 266 g/mol. The van der Waals surface area contributed by atoms with Crippen LogP contribution in [0.1, 0.15) is 45.7 Å². The molecule has 0 bridgehead atoms. The average Bonchev–Trinajstić information content (AvgIpc) is 2.49. The highest BCUT2D eigenvalue weighted by molar-refractivity contribution is 5.42. The van der Waals surface area contributed by atoms with Gasteiger partial charge in [0.2, 0.25) is 0 Å². The van der Waals surface area contributed by atoms with E-state index >= 15 is 0 Å². The fourth-order valence-corrected chi connectivity index (χ4v) is 3.85. The first kappa shape index (κ1) is 16.8. The SMILES string of the molecule is CC(C)C(c1ccccc1)(c1ccccc1)[C@H](C)C(C)(C)N. The molecule has 2 aromatic carbocycles. The molecule has 1 nitrogen and oxygen atoms in total. The monoisotopic (exact) mass is 295 g/mol. The van der Waals surface area contributed by atoms with E-state index in [0.29, 0.717) is 11.8 Å². The fraction of sp³-hybridized carbons (Fsp3) is 0.429. The molecular formula is C21H29N. The Morgan fingerprint density at radius 1 is 0.727 bits per heavy atom. The van der Waals surface area contributed by atoms with Gasteiger partial charge in [-0.1, -0.05) is 81.4 Å². The molecule has 0 fully saturated rings. The van der Waals surface area contributed by atoms with Crippen LogP contribution in [0.25, 0.3) is 0 Å². The van der Waals surface area contributed by atoms with E-state index in [1.807, 2.05) is 0 Å². The molecule has 0 radical (unpaired) electrons. The van der Waals surface area contributed by atoms with Gasteiger partial charge in [0.05, 0.1) is 0 Å². The highest BCUT2D eigenvalue weighted by Crippen LogP contribution is 2.48. The highest BCUT2D eigenvalue weighted by atomic mass is 14.7. The first-order valence-corrected chi connectivity index (χ1v) is 8.21. The zero-order valence-corrected chi connectivity index (χ0v) is 14.5. The zero-order valence-electron chi connectivity index (χ0n) is 14.5. The Kier molecular flexibility index (Phi) is 4.77. The maximum Gasteiger partial charge on any atom is 0.0268 e. The lowest BCUT2D eigenvalue weighted by molar-refractivity contribution is 0.176. The Morgan fingerprint density at radius 2 is 1.09 bits per heavy atom. The lowest BCUT2D eigenvalue weighted by Gasteiger charge is -2.49. The summed E-state index contributed by atoms with van der Waals surface area (Å²) in [5.74, 6) is 0.736. The topological polar surface area (TPSA) is 26.0 Å². The lowest BCUT2D eigenvalue weighted by Crippen LogP contribution is -2.53. The standard InChI is InChI=1S/C21H29N/c1-16(2)21(17(3)20(4,5)22,18-12-8-6-9-13-18)19-14-10-7-11-15-19/h6-17H,22H2,1-5H3/t17-/m1/s1. The van der Waals surface area contributed by atoms with Crippen molar-refractivity contribution in [1.29, 1.82) is 0 Å². The highest BCUT2D eigenvalue weighted by Gasteiger charge is 2.47. The van der Waals surface area contributed by atoms with Crippen molar-refractivity contribution in [3.63, 3.8) is 0 Å². The molecule has 2 rings (SSSR count). The second-order valence-electron chi connectivity index (χ2n) is 7.30. The van der Waals surface area contributed by atoms with E-state index in [0.717, 1.165) is 0 Å². The van der Waals surface area contributed by atoms with Crippen LogP contribution in [0, 0.1) is 11.8 Å². The van der Waals surface area contributed by atoms with Crippen LogP contribution >= 0.6 is 0 Å². The average molecular weight is 295 g/mol. The summed E-state index contributed by atoms with van der Waals surface area (Å²) in [6.45, 7) is 11.2. The first-order chi connectivity index (χ1) is 10.3. The van der Waals surface area contributed by atoms with Crippen molar-refractivity contribution in [2.24, 2.45) is 17.6 Å². The summed E-state index contributed by atoms with van der Waals surface area (Å²) in [5, 5.41) is 0. The third-order valence-electron chi connectivity index (χ3n) is 5.21. The molecule has 0 aliphatic rings. The normalized spacial score (nSPS) is 14.1. The molecule has 0 aromatic heterocycles. The van der Waals surface area contributed by atoms with Crippen LogP contribution in [0.5, 0.6) is 0 Å². The van der Waals surface area contributed by atoms with Crippen LogP contribution < -0.4 is 5.73 Å². The fourth-order valence-electron chi connectivity index (χ4n) is 3.85. The van der Waals surface area contributed by atoms with E-state index in [1.165, 1.54) is 11.1 Å². The quantitative estimate of drug-likeness (QED) is 0.825. The van der Waals surface area contributed by atoms with Crippen LogP contribution in [0.15, 0.2) is 60.7 Å². The molecule has 2 aromatic rings. The summed E-state index contributed by atoms with van der Waals surface area (Å²) in [4.78, 5) is 0. The third kappa shape index (κ3) is 2.83. The van der Waals surface area contributed by atoms with Gasteiger partial charge in [-0.3, -0.25) is 0 Å². The van der Waals surface area contributed by atoms with E-state index in [1.54, 1.807) is 0 Å². The molecule has 0 heterocycles. The minimum absolute atomic E-state index is 0.0965. The molecule has 0 saturated heterocycles. The maximum absolute atomic E-state index is 6.58. The van der Waals surface area contributed by atoms with Gasteiger partial charge in [-0.05, 0) is 36.8 Å². The molecule has 1 atom stereocenters. The van der Waals surface area contributed by atoms with Gasteiger partial charge in [-0.2, -0.15) is 0 Å². The minimum atomic E-state index is -0.268. The summed E-state index contributed by atoms with van der Waals surface area (Å²) in [6.07, 6.45) is 0. The van der Waals surface area contributed by atoms with E-state index in [9.17, 15) is 0 Å². The summed E-state index contributed by atoms with van der Waals surface area (Å²) in [6, 6.07) is 21.7. The second-order valence-corrected chi connectivity index (χ2v) is 7.30. The molecule has 1 heteroatoms. The second kappa shape index (κ2) is 6.26. The van der Waals surface area contributed by atoms with Crippen molar-refractivity contribution in [1.82, 2.24) is 0 Å². The molecule has 118 valence electrons. The number of benzene rings is 2. The van der Waals surface area contributed by atoms with Gasteiger partial charge in [0.25, 0.3) is 0 Å². The van der Waals surface area contributed by atoms with Crippen molar-refractivity contribution in [3.8, 4) is 0 Å². The van der Waals surface area contributed by atoms with Gasteiger partial charge in [-0.25, -0.2) is 0 Å².